The second-order valence-electron chi connectivity index (χ2n) is 2.55. The van der Waals surface area contributed by atoms with Gasteiger partial charge in [-0.25, -0.2) is 13.8 Å². The average molecular weight is 242 g/mol. The number of nitrogens with zero attached hydrogens (tertiary/aromatic N) is 1. The first-order valence-electron chi connectivity index (χ1n) is 3.73. The van der Waals surface area contributed by atoms with E-state index in [-0.39, 0.29) is 27.7 Å². The maximum Gasteiger partial charge on any atom is 0.265 e. The molecule has 0 radical (unpaired) electrons. The van der Waals surface area contributed by atoms with Gasteiger partial charge in [-0.15, -0.1) is 11.6 Å². The Morgan fingerprint density at radius 3 is 2.50 bits per heavy atom. The highest BCUT2D eigenvalue weighted by atomic mass is 35.5. The predicted octanol–water partition coefficient (Wildman–Crippen LogP) is 2.90. The molecule has 0 spiro atoms. The molecule has 0 saturated carbocycles. The highest BCUT2D eigenvalue weighted by Gasteiger charge is 2.18. The molecule has 0 unspecified atom stereocenters. The molecular weight excluding hydrogens is 235 g/mol. The Kier molecular flexibility index (Phi) is 4.04. The molecule has 14 heavy (non-hydrogen) atoms. The van der Waals surface area contributed by atoms with Gasteiger partial charge in [0.2, 0.25) is 0 Å². The first kappa shape index (κ1) is 11.6. The Balaban J connectivity index is 3.33. The minimum atomic E-state index is -2.67. The van der Waals surface area contributed by atoms with E-state index in [0.717, 1.165) is 6.20 Å². The highest BCUT2D eigenvalue weighted by molar-refractivity contribution is 6.30. The zero-order valence-corrected chi connectivity index (χ0v) is 8.49. The number of pyridine rings is 1. The van der Waals surface area contributed by atoms with Gasteiger partial charge in [0, 0.05) is 23.2 Å². The van der Waals surface area contributed by atoms with E-state index in [4.69, 9.17) is 28.3 Å². The molecule has 1 aromatic rings. The van der Waals surface area contributed by atoms with Crippen LogP contribution in [-0.2, 0) is 12.5 Å². The third-order valence-electron chi connectivity index (χ3n) is 1.81. The van der Waals surface area contributed by atoms with Crippen molar-refractivity contribution in [3.05, 3.63) is 28.0 Å². The van der Waals surface area contributed by atoms with Crippen molar-refractivity contribution in [1.82, 2.24) is 4.98 Å². The van der Waals surface area contributed by atoms with Gasteiger partial charge in [0.25, 0.3) is 6.43 Å². The summed E-state index contributed by atoms with van der Waals surface area (Å²) in [5.74, 6) is -0.127. The van der Waals surface area contributed by atoms with E-state index in [1.807, 2.05) is 0 Å². The molecule has 1 N–H and O–H groups in total. The maximum absolute atomic E-state index is 12.4. The Bertz CT molecular complexity index is 333. The van der Waals surface area contributed by atoms with Crippen LogP contribution in [-0.4, -0.2) is 10.1 Å². The topological polar surface area (TPSA) is 33.1 Å². The summed E-state index contributed by atoms with van der Waals surface area (Å²) in [6.45, 7) is -0.450. The molecule has 0 fully saturated rings. The number of aromatic nitrogens is 1. The van der Waals surface area contributed by atoms with Gasteiger partial charge in [0.15, 0.2) is 0 Å². The lowest BCUT2D eigenvalue weighted by Gasteiger charge is -2.11. The molecule has 0 aromatic carbocycles. The summed E-state index contributed by atoms with van der Waals surface area (Å²) >= 11 is 11.1. The average Bonchev–Trinajstić information content (AvgIpc) is 2.16. The summed E-state index contributed by atoms with van der Waals surface area (Å²) in [6.07, 6.45) is -1.69. The smallest absolute Gasteiger partial charge is 0.265 e. The quantitative estimate of drug-likeness (QED) is 0.652. The molecule has 0 amide bonds. The van der Waals surface area contributed by atoms with Gasteiger partial charge in [-0.05, 0) is 5.56 Å². The van der Waals surface area contributed by atoms with Crippen molar-refractivity contribution in [2.24, 2.45) is 0 Å². The zero-order chi connectivity index (χ0) is 10.7. The second kappa shape index (κ2) is 4.87. The predicted molar refractivity (Wildman–Crippen MR) is 49.7 cm³/mol. The third-order valence-corrected chi connectivity index (χ3v) is 2.40. The molecule has 0 aliphatic heterocycles. The van der Waals surface area contributed by atoms with Gasteiger partial charge in [-0.2, -0.15) is 0 Å². The molecule has 1 rings (SSSR count). The molecule has 0 bridgehead atoms. The van der Waals surface area contributed by atoms with Crippen molar-refractivity contribution in [1.29, 1.82) is 0 Å². The fourth-order valence-electron chi connectivity index (χ4n) is 1.09. The fraction of sp³-hybridized carbons (Fsp3) is 0.375. The fourth-order valence-corrected chi connectivity index (χ4v) is 1.63. The molecular formula is C8H7Cl2F2NO. The Labute approximate surface area is 89.5 Å². The summed E-state index contributed by atoms with van der Waals surface area (Å²) in [5.41, 5.74) is 0.0390. The molecule has 0 atom stereocenters. The van der Waals surface area contributed by atoms with E-state index in [1.165, 1.54) is 0 Å². The molecule has 78 valence electrons. The number of hydrogen-bond donors (Lipinski definition) is 1. The number of rotatable bonds is 3. The lowest BCUT2D eigenvalue weighted by atomic mass is 10.1. The standard InChI is InChI=1S/C8H7Cl2F2NO/c9-1-4-5(8(11)12)2-13-7(10)6(4)3-14/h2,8,14H,1,3H2. The zero-order valence-electron chi connectivity index (χ0n) is 6.98. The Hall–Kier alpha value is -0.450. The number of aliphatic hydroxyl groups excluding tert-OH is 1. The summed E-state index contributed by atoms with van der Waals surface area (Å²) in [6, 6.07) is 0. The van der Waals surface area contributed by atoms with Crippen molar-refractivity contribution in [2.75, 3.05) is 0 Å². The van der Waals surface area contributed by atoms with Gasteiger partial charge >= 0.3 is 0 Å². The molecule has 0 aliphatic carbocycles. The van der Waals surface area contributed by atoms with Crippen molar-refractivity contribution in [3.8, 4) is 0 Å². The van der Waals surface area contributed by atoms with Crippen LogP contribution in [0.15, 0.2) is 6.20 Å². The molecule has 6 heteroatoms. The molecule has 0 saturated heterocycles. The van der Waals surface area contributed by atoms with Crippen LogP contribution in [0, 0.1) is 0 Å². The summed E-state index contributed by atoms with van der Waals surface area (Å²) in [4.78, 5) is 3.55. The van der Waals surface area contributed by atoms with E-state index < -0.39 is 13.0 Å². The lowest BCUT2D eigenvalue weighted by Crippen LogP contribution is -2.02. The SMILES string of the molecule is OCc1c(Cl)ncc(C(F)F)c1CCl. The minimum absolute atomic E-state index is 0.00699. The monoisotopic (exact) mass is 241 g/mol. The Morgan fingerprint density at radius 2 is 2.07 bits per heavy atom. The van der Waals surface area contributed by atoms with E-state index >= 15 is 0 Å². The van der Waals surface area contributed by atoms with Crippen molar-refractivity contribution in [2.45, 2.75) is 18.9 Å². The van der Waals surface area contributed by atoms with Crippen LogP contribution < -0.4 is 0 Å². The van der Waals surface area contributed by atoms with Crippen LogP contribution in [0.5, 0.6) is 0 Å². The first-order valence-corrected chi connectivity index (χ1v) is 4.64. The van der Waals surface area contributed by atoms with E-state index in [0.29, 0.717) is 0 Å². The maximum atomic E-state index is 12.4. The van der Waals surface area contributed by atoms with Gasteiger partial charge in [0.1, 0.15) is 5.15 Å². The summed E-state index contributed by atoms with van der Waals surface area (Å²) < 4.78 is 24.9. The highest BCUT2D eigenvalue weighted by Crippen LogP contribution is 2.29. The van der Waals surface area contributed by atoms with Crippen molar-refractivity contribution < 1.29 is 13.9 Å². The van der Waals surface area contributed by atoms with Crippen LogP contribution in [0.3, 0.4) is 0 Å². The largest absolute Gasteiger partial charge is 0.392 e. The minimum Gasteiger partial charge on any atom is -0.392 e. The third kappa shape index (κ3) is 2.13. The van der Waals surface area contributed by atoms with Crippen LogP contribution in [0.1, 0.15) is 23.1 Å². The van der Waals surface area contributed by atoms with Crippen LogP contribution in [0.4, 0.5) is 8.78 Å². The van der Waals surface area contributed by atoms with Crippen LogP contribution in [0.25, 0.3) is 0 Å². The van der Waals surface area contributed by atoms with Gasteiger partial charge in [0.05, 0.1) is 6.61 Å². The number of hydrogen-bond acceptors (Lipinski definition) is 2. The molecule has 1 heterocycles. The van der Waals surface area contributed by atoms with E-state index in [1.54, 1.807) is 0 Å². The molecule has 1 aromatic heterocycles. The normalized spacial score (nSPS) is 11.0. The first-order chi connectivity index (χ1) is 6.61. The van der Waals surface area contributed by atoms with E-state index in [9.17, 15) is 8.78 Å². The summed E-state index contributed by atoms with van der Waals surface area (Å²) in [7, 11) is 0. The van der Waals surface area contributed by atoms with E-state index in [2.05, 4.69) is 4.98 Å². The second-order valence-corrected chi connectivity index (χ2v) is 3.18. The Morgan fingerprint density at radius 1 is 1.43 bits per heavy atom. The molecule has 0 aliphatic rings. The van der Waals surface area contributed by atoms with Crippen LogP contribution >= 0.6 is 23.2 Å². The van der Waals surface area contributed by atoms with Gasteiger partial charge in [-0.3, -0.25) is 0 Å². The van der Waals surface area contributed by atoms with Gasteiger partial charge < -0.3 is 5.11 Å². The van der Waals surface area contributed by atoms with Crippen LogP contribution in [0.2, 0.25) is 5.15 Å². The summed E-state index contributed by atoms with van der Waals surface area (Å²) in [5, 5.41) is 8.92. The number of alkyl halides is 3. The number of halogens is 4. The molecule has 2 nitrogen and oxygen atoms in total. The number of aliphatic hydroxyl groups is 1. The lowest BCUT2D eigenvalue weighted by molar-refractivity contribution is 0.149. The van der Waals surface area contributed by atoms with Crippen molar-refractivity contribution in [3.63, 3.8) is 0 Å². The van der Waals surface area contributed by atoms with Crippen molar-refractivity contribution >= 4 is 23.2 Å². The van der Waals surface area contributed by atoms with Gasteiger partial charge in [-0.1, -0.05) is 11.6 Å².